The average molecular weight is 574 g/mol. The molecule has 0 saturated carbocycles. The number of rotatable bonds is 6. The zero-order valence-corrected chi connectivity index (χ0v) is 23.7. The summed E-state index contributed by atoms with van der Waals surface area (Å²) in [5.74, 6) is 0.765. The van der Waals surface area contributed by atoms with E-state index in [1.54, 1.807) is 18.1 Å². The van der Waals surface area contributed by atoms with Gasteiger partial charge in [0.2, 0.25) is 23.7 Å². The highest BCUT2D eigenvalue weighted by atomic mass is 35.5. The summed E-state index contributed by atoms with van der Waals surface area (Å²) < 4.78 is 0. The van der Waals surface area contributed by atoms with Crippen molar-refractivity contribution in [1.82, 2.24) is 15.3 Å². The Bertz CT molecular complexity index is 1530. The molecule has 3 N–H and O–H groups in total. The van der Waals surface area contributed by atoms with Gasteiger partial charge in [-0.15, -0.1) is 0 Å². The molecule has 2 saturated heterocycles. The van der Waals surface area contributed by atoms with Crippen LogP contribution >= 0.6 is 11.6 Å². The van der Waals surface area contributed by atoms with Crippen molar-refractivity contribution in [1.29, 1.82) is 0 Å². The lowest BCUT2D eigenvalue weighted by Crippen LogP contribution is -2.46. The van der Waals surface area contributed by atoms with Crippen LogP contribution in [-0.4, -0.2) is 53.9 Å². The van der Waals surface area contributed by atoms with Gasteiger partial charge in [-0.25, -0.2) is 4.98 Å². The van der Waals surface area contributed by atoms with Crippen LogP contribution in [0.25, 0.3) is 0 Å². The van der Waals surface area contributed by atoms with E-state index in [2.05, 4.69) is 32.8 Å². The van der Waals surface area contributed by atoms with Crippen molar-refractivity contribution in [3.8, 4) is 0 Å². The van der Waals surface area contributed by atoms with Crippen molar-refractivity contribution in [3.05, 3.63) is 64.8 Å². The molecule has 6 rings (SSSR count). The first kappa shape index (κ1) is 27.0. The van der Waals surface area contributed by atoms with Crippen LogP contribution in [0.1, 0.15) is 43.2 Å². The van der Waals surface area contributed by atoms with Gasteiger partial charge < -0.3 is 20.4 Å². The fraction of sp³-hybridized carbons (Fsp3) is 0.367. The SMILES string of the molecule is C[C@@H]1CN(c2ncc(Cl)c(Nc3ccc4c(c3)CC(=O)N4C)n2)CC[C@H]1Nc1cccc(C2CCC(=O)NC2=O)c1. The topological polar surface area (TPSA) is 120 Å². The molecule has 2 aromatic carbocycles. The number of fused-ring (bicyclic) bond motifs is 1. The molecule has 3 aliphatic heterocycles. The van der Waals surface area contributed by atoms with E-state index >= 15 is 0 Å². The van der Waals surface area contributed by atoms with Gasteiger partial charge in [-0.3, -0.25) is 19.7 Å². The van der Waals surface area contributed by atoms with E-state index in [0.717, 1.165) is 47.7 Å². The summed E-state index contributed by atoms with van der Waals surface area (Å²) in [5, 5.41) is 9.83. The van der Waals surface area contributed by atoms with E-state index in [1.165, 1.54) is 0 Å². The number of anilines is 5. The molecule has 212 valence electrons. The van der Waals surface area contributed by atoms with Crippen LogP contribution in [0.5, 0.6) is 0 Å². The number of halogens is 1. The summed E-state index contributed by atoms with van der Waals surface area (Å²) >= 11 is 6.46. The maximum absolute atomic E-state index is 12.3. The molecule has 11 heteroatoms. The van der Waals surface area contributed by atoms with E-state index in [1.807, 2.05) is 42.5 Å². The van der Waals surface area contributed by atoms with E-state index in [4.69, 9.17) is 16.6 Å². The molecule has 3 atom stereocenters. The number of carbonyl (C=O) groups is 3. The minimum atomic E-state index is -0.306. The Hall–Kier alpha value is -4.18. The van der Waals surface area contributed by atoms with Crippen LogP contribution in [0, 0.1) is 5.92 Å². The van der Waals surface area contributed by atoms with Gasteiger partial charge in [0.1, 0.15) is 5.02 Å². The van der Waals surface area contributed by atoms with E-state index in [-0.39, 0.29) is 29.7 Å². The van der Waals surface area contributed by atoms with Crippen molar-refractivity contribution in [2.75, 3.05) is 40.6 Å². The Kier molecular flexibility index (Phi) is 7.25. The van der Waals surface area contributed by atoms with Crippen molar-refractivity contribution in [2.45, 2.75) is 44.6 Å². The largest absolute Gasteiger partial charge is 0.382 e. The normalized spacial score (nSPS) is 22.4. The lowest BCUT2D eigenvalue weighted by Gasteiger charge is -2.38. The van der Waals surface area contributed by atoms with Crippen LogP contribution < -0.4 is 25.8 Å². The smallest absolute Gasteiger partial charge is 0.234 e. The average Bonchev–Trinajstić information content (AvgIpc) is 3.23. The zero-order chi connectivity index (χ0) is 28.7. The van der Waals surface area contributed by atoms with Crippen molar-refractivity contribution >= 4 is 58.2 Å². The second-order valence-corrected chi connectivity index (χ2v) is 11.5. The quantitative estimate of drug-likeness (QED) is 0.375. The zero-order valence-electron chi connectivity index (χ0n) is 23.0. The summed E-state index contributed by atoms with van der Waals surface area (Å²) in [7, 11) is 1.78. The number of hydrogen-bond donors (Lipinski definition) is 3. The molecule has 10 nitrogen and oxygen atoms in total. The molecular weight excluding hydrogens is 542 g/mol. The maximum atomic E-state index is 12.3. The molecule has 0 spiro atoms. The molecular formula is C30H32ClN7O3. The number of piperidine rings is 2. The van der Waals surface area contributed by atoms with Gasteiger partial charge in [-0.2, -0.15) is 4.98 Å². The number of imide groups is 1. The van der Waals surface area contributed by atoms with E-state index < -0.39 is 0 Å². The van der Waals surface area contributed by atoms with Gasteiger partial charge in [0.05, 0.1) is 18.5 Å². The molecule has 3 aromatic rings. The molecule has 3 amide bonds. The Morgan fingerprint density at radius 2 is 1.93 bits per heavy atom. The molecule has 1 aromatic heterocycles. The van der Waals surface area contributed by atoms with Crippen LogP contribution in [0.4, 0.5) is 28.8 Å². The van der Waals surface area contributed by atoms with E-state index in [9.17, 15) is 14.4 Å². The van der Waals surface area contributed by atoms with Gasteiger partial charge in [-0.05, 0) is 60.2 Å². The van der Waals surface area contributed by atoms with Crippen LogP contribution in [0.15, 0.2) is 48.7 Å². The fourth-order valence-electron chi connectivity index (χ4n) is 5.90. The van der Waals surface area contributed by atoms with Gasteiger partial charge in [0.15, 0.2) is 5.82 Å². The first-order valence-corrected chi connectivity index (χ1v) is 14.3. The maximum Gasteiger partial charge on any atom is 0.234 e. The molecule has 2 fully saturated rings. The monoisotopic (exact) mass is 573 g/mol. The Morgan fingerprint density at radius 1 is 1.07 bits per heavy atom. The van der Waals surface area contributed by atoms with Gasteiger partial charge in [-0.1, -0.05) is 30.7 Å². The highest BCUT2D eigenvalue weighted by molar-refractivity contribution is 6.32. The lowest BCUT2D eigenvalue weighted by molar-refractivity contribution is -0.134. The molecule has 0 radical (unpaired) electrons. The van der Waals surface area contributed by atoms with Crippen molar-refractivity contribution < 1.29 is 14.4 Å². The number of benzene rings is 2. The molecule has 4 heterocycles. The van der Waals surface area contributed by atoms with E-state index in [0.29, 0.717) is 42.0 Å². The molecule has 1 unspecified atom stereocenters. The first-order chi connectivity index (χ1) is 19.7. The van der Waals surface area contributed by atoms with Gasteiger partial charge >= 0.3 is 0 Å². The summed E-state index contributed by atoms with van der Waals surface area (Å²) in [6, 6.07) is 14.0. The Balaban J connectivity index is 1.11. The molecule has 3 aliphatic rings. The predicted octanol–water partition coefficient (Wildman–Crippen LogP) is 4.24. The Labute approximate surface area is 243 Å². The summed E-state index contributed by atoms with van der Waals surface area (Å²) in [5.41, 5.74) is 4.59. The van der Waals surface area contributed by atoms with Crippen LogP contribution in [0.2, 0.25) is 5.02 Å². The standard InChI is InChI=1S/C30H32ClN7O3/c1-17-16-38(11-10-24(17)33-20-5-3-4-18(12-20)22-7-9-26(39)35-29(22)41)30-32-15-23(31)28(36-30)34-21-6-8-25-19(13-21)14-27(40)37(25)2/h3-6,8,12-13,15,17,22,24,33H,7,9-11,14,16H2,1-2H3,(H,32,34,36)(H,35,39,41)/t17-,22?,24-/m1/s1. The molecule has 0 bridgehead atoms. The number of amides is 3. The number of nitrogens with one attached hydrogen (secondary N) is 3. The van der Waals surface area contributed by atoms with Gasteiger partial charge in [0.25, 0.3) is 0 Å². The molecule has 41 heavy (non-hydrogen) atoms. The third kappa shape index (κ3) is 5.56. The summed E-state index contributed by atoms with van der Waals surface area (Å²) in [6.45, 7) is 3.73. The van der Waals surface area contributed by atoms with Crippen molar-refractivity contribution in [2.24, 2.45) is 5.92 Å². The number of hydrogen-bond acceptors (Lipinski definition) is 8. The first-order valence-electron chi connectivity index (χ1n) is 13.9. The minimum absolute atomic E-state index is 0.0773. The minimum Gasteiger partial charge on any atom is -0.382 e. The number of aromatic nitrogens is 2. The summed E-state index contributed by atoms with van der Waals surface area (Å²) in [6.07, 6.45) is 3.77. The van der Waals surface area contributed by atoms with Crippen LogP contribution in [0.3, 0.4) is 0 Å². The predicted molar refractivity (Wildman–Crippen MR) is 159 cm³/mol. The Morgan fingerprint density at radius 3 is 2.73 bits per heavy atom. The number of carbonyl (C=O) groups excluding carboxylic acids is 3. The lowest BCUT2D eigenvalue weighted by atomic mass is 9.90. The fourth-order valence-corrected chi connectivity index (χ4v) is 6.03. The second kappa shape index (κ2) is 11.0. The van der Waals surface area contributed by atoms with Crippen LogP contribution in [-0.2, 0) is 20.8 Å². The molecule has 0 aliphatic carbocycles. The highest BCUT2D eigenvalue weighted by Gasteiger charge is 2.30. The van der Waals surface area contributed by atoms with Gasteiger partial charge in [0, 0.05) is 49.7 Å². The van der Waals surface area contributed by atoms with Crippen molar-refractivity contribution in [3.63, 3.8) is 0 Å². The third-order valence-corrected chi connectivity index (χ3v) is 8.50. The highest BCUT2D eigenvalue weighted by Crippen LogP contribution is 2.33. The number of nitrogens with zero attached hydrogens (tertiary/aromatic N) is 4. The second-order valence-electron chi connectivity index (χ2n) is 11.1. The summed E-state index contributed by atoms with van der Waals surface area (Å²) in [4.78, 5) is 49.0. The number of likely N-dealkylation sites (N-methyl/N-ethyl adjacent to an activating group) is 1. The third-order valence-electron chi connectivity index (χ3n) is 8.22.